The van der Waals surface area contributed by atoms with Crippen LogP contribution < -0.4 is 5.32 Å². The van der Waals surface area contributed by atoms with Gasteiger partial charge in [0.15, 0.2) is 0 Å². The summed E-state index contributed by atoms with van der Waals surface area (Å²) in [6.07, 6.45) is 3.48. The third-order valence-corrected chi connectivity index (χ3v) is 3.19. The van der Waals surface area contributed by atoms with Crippen LogP contribution in [0.15, 0.2) is 0 Å². The molecule has 1 rings (SSSR count). The van der Waals surface area contributed by atoms with Crippen LogP contribution in [-0.4, -0.2) is 23.7 Å². The van der Waals surface area contributed by atoms with E-state index in [1.54, 1.807) is 13.8 Å². The lowest BCUT2D eigenvalue weighted by Gasteiger charge is -2.25. The molecule has 0 saturated heterocycles. The van der Waals surface area contributed by atoms with E-state index >= 15 is 0 Å². The molecule has 2 N–H and O–H groups in total. The minimum absolute atomic E-state index is 0.0289. The predicted molar refractivity (Wildman–Crippen MR) is 55.8 cm³/mol. The van der Waals surface area contributed by atoms with Crippen LogP contribution in [-0.2, 0) is 4.79 Å². The van der Waals surface area contributed by atoms with Crippen LogP contribution in [0.4, 0.5) is 0 Å². The molecular weight excluding hydrogens is 178 g/mol. The molecule has 1 amide bonds. The molecule has 1 aliphatic carbocycles. The van der Waals surface area contributed by atoms with Gasteiger partial charge < -0.3 is 10.4 Å². The molecule has 2 atom stereocenters. The lowest BCUT2D eigenvalue weighted by Crippen LogP contribution is -2.45. The summed E-state index contributed by atoms with van der Waals surface area (Å²) in [5.74, 6) is 0.548. The molecule has 0 aliphatic heterocycles. The topological polar surface area (TPSA) is 49.3 Å². The molecule has 0 aromatic carbocycles. The molecule has 14 heavy (non-hydrogen) atoms. The number of nitrogens with one attached hydrogen (secondary N) is 1. The summed E-state index contributed by atoms with van der Waals surface area (Å²) >= 11 is 0. The van der Waals surface area contributed by atoms with Crippen molar-refractivity contribution in [2.24, 2.45) is 11.3 Å². The number of hydrogen-bond donors (Lipinski definition) is 2. The van der Waals surface area contributed by atoms with Crippen molar-refractivity contribution in [3.05, 3.63) is 0 Å². The maximum atomic E-state index is 11.7. The van der Waals surface area contributed by atoms with Crippen molar-refractivity contribution in [2.45, 2.75) is 46.1 Å². The van der Waals surface area contributed by atoms with Crippen LogP contribution in [0, 0.1) is 11.3 Å². The molecule has 3 nitrogen and oxygen atoms in total. The Morgan fingerprint density at radius 2 is 2.14 bits per heavy atom. The fraction of sp³-hybridized carbons (Fsp3) is 0.909. The lowest BCUT2D eigenvalue weighted by molar-refractivity contribution is -0.132. The van der Waals surface area contributed by atoms with E-state index < -0.39 is 5.41 Å². The van der Waals surface area contributed by atoms with Crippen molar-refractivity contribution < 1.29 is 9.90 Å². The van der Waals surface area contributed by atoms with E-state index in [4.69, 9.17) is 5.11 Å². The summed E-state index contributed by atoms with van der Waals surface area (Å²) in [5, 5.41) is 12.1. The Morgan fingerprint density at radius 3 is 2.57 bits per heavy atom. The van der Waals surface area contributed by atoms with E-state index in [0.29, 0.717) is 12.0 Å². The second kappa shape index (κ2) is 4.30. The van der Waals surface area contributed by atoms with Gasteiger partial charge in [0, 0.05) is 6.04 Å². The molecule has 1 fully saturated rings. The fourth-order valence-electron chi connectivity index (χ4n) is 1.80. The second-order valence-corrected chi connectivity index (χ2v) is 5.03. The molecule has 1 aliphatic rings. The van der Waals surface area contributed by atoms with E-state index in [1.165, 1.54) is 12.8 Å². The zero-order chi connectivity index (χ0) is 10.8. The Balaban J connectivity index is 2.48. The summed E-state index contributed by atoms with van der Waals surface area (Å²) < 4.78 is 0. The Labute approximate surface area is 85.9 Å². The van der Waals surface area contributed by atoms with Crippen LogP contribution in [0.2, 0.25) is 0 Å². The maximum absolute atomic E-state index is 11.7. The molecule has 1 saturated carbocycles. The van der Waals surface area contributed by atoms with Crippen molar-refractivity contribution in [3.63, 3.8) is 0 Å². The van der Waals surface area contributed by atoms with E-state index in [9.17, 15) is 4.79 Å². The lowest BCUT2D eigenvalue weighted by atomic mass is 9.92. The first kappa shape index (κ1) is 11.5. The van der Waals surface area contributed by atoms with Gasteiger partial charge in [0.1, 0.15) is 0 Å². The molecular formula is C11H21NO2. The van der Waals surface area contributed by atoms with E-state index in [2.05, 4.69) is 12.2 Å². The van der Waals surface area contributed by atoms with Gasteiger partial charge in [-0.3, -0.25) is 4.79 Å². The van der Waals surface area contributed by atoms with Gasteiger partial charge in [-0.1, -0.05) is 13.3 Å². The zero-order valence-corrected chi connectivity index (χ0v) is 9.34. The summed E-state index contributed by atoms with van der Waals surface area (Å²) in [5.41, 5.74) is -0.650. The normalized spacial score (nSPS) is 27.7. The van der Waals surface area contributed by atoms with Crippen LogP contribution in [0.5, 0.6) is 0 Å². The molecule has 3 heteroatoms. The number of aliphatic hydroxyl groups excluding tert-OH is 1. The second-order valence-electron chi connectivity index (χ2n) is 5.03. The van der Waals surface area contributed by atoms with Crippen molar-refractivity contribution in [3.8, 4) is 0 Å². The van der Waals surface area contributed by atoms with Crippen LogP contribution in [0.25, 0.3) is 0 Å². The number of carbonyl (C=O) groups is 1. The average molecular weight is 199 g/mol. The van der Waals surface area contributed by atoms with Crippen molar-refractivity contribution >= 4 is 5.91 Å². The van der Waals surface area contributed by atoms with Crippen LogP contribution in [0.1, 0.15) is 40.0 Å². The molecule has 0 bridgehead atoms. The van der Waals surface area contributed by atoms with E-state index in [1.807, 2.05) is 0 Å². The number of rotatable bonds is 3. The minimum Gasteiger partial charge on any atom is -0.395 e. The monoisotopic (exact) mass is 199 g/mol. The Morgan fingerprint density at radius 1 is 1.50 bits per heavy atom. The highest BCUT2D eigenvalue weighted by atomic mass is 16.3. The van der Waals surface area contributed by atoms with Gasteiger partial charge in [0.25, 0.3) is 0 Å². The number of carbonyl (C=O) groups excluding carboxylic acids is 1. The first-order valence-electron chi connectivity index (χ1n) is 5.39. The van der Waals surface area contributed by atoms with Gasteiger partial charge >= 0.3 is 0 Å². The number of aliphatic hydroxyl groups is 1. The van der Waals surface area contributed by atoms with Gasteiger partial charge in [-0.2, -0.15) is 0 Å². The van der Waals surface area contributed by atoms with Gasteiger partial charge in [-0.05, 0) is 32.6 Å². The largest absolute Gasteiger partial charge is 0.395 e. The van der Waals surface area contributed by atoms with Crippen molar-refractivity contribution in [1.82, 2.24) is 5.32 Å². The first-order chi connectivity index (χ1) is 6.47. The summed E-state index contributed by atoms with van der Waals surface area (Å²) in [6.45, 7) is 5.60. The zero-order valence-electron chi connectivity index (χ0n) is 9.34. The van der Waals surface area contributed by atoms with Crippen molar-refractivity contribution in [2.75, 3.05) is 6.61 Å². The predicted octanol–water partition coefficient (Wildman–Crippen LogP) is 1.31. The SMILES string of the molecule is CC1CCCC1NC(=O)C(C)(C)CO. The minimum atomic E-state index is -0.650. The summed E-state index contributed by atoms with van der Waals surface area (Å²) in [4.78, 5) is 11.7. The molecule has 0 heterocycles. The molecule has 2 unspecified atom stereocenters. The smallest absolute Gasteiger partial charge is 0.228 e. The maximum Gasteiger partial charge on any atom is 0.228 e. The Hall–Kier alpha value is -0.570. The van der Waals surface area contributed by atoms with E-state index in [-0.39, 0.29) is 12.5 Å². The quantitative estimate of drug-likeness (QED) is 0.720. The third kappa shape index (κ3) is 2.47. The molecule has 0 aromatic rings. The molecule has 0 aromatic heterocycles. The molecule has 82 valence electrons. The number of hydrogen-bond acceptors (Lipinski definition) is 2. The highest BCUT2D eigenvalue weighted by molar-refractivity contribution is 5.82. The van der Waals surface area contributed by atoms with Gasteiger partial charge in [0.05, 0.1) is 12.0 Å². The van der Waals surface area contributed by atoms with Crippen molar-refractivity contribution in [1.29, 1.82) is 0 Å². The van der Waals surface area contributed by atoms with E-state index in [0.717, 1.165) is 6.42 Å². The fourth-order valence-corrected chi connectivity index (χ4v) is 1.80. The highest BCUT2D eigenvalue weighted by Crippen LogP contribution is 2.26. The first-order valence-corrected chi connectivity index (χ1v) is 5.39. The molecule has 0 radical (unpaired) electrons. The van der Waals surface area contributed by atoms with Crippen LogP contribution in [0.3, 0.4) is 0 Å². The molecule has 0 spiro atoms. The van der Waals surface area contributed by atoms with Gasteiger partial charge in [0.2, 0.25) is 5.91 Å². The van der Waals surface area contributed by atoms with Crippen LogP contribution >= 0.6 is 0 Å². The Bertz CT molecular complexity index is 213. The van der Waals surface area contributed by atoms with Gasteiger partial charge in [-0.15, -0.1) is 0 Å². The van der Waals surface area contributed by atoms with Gasteiger partial charge in [-0.25, -0.2) is 0 Å². The standard InChI is InChI=1S/C11H21NO2/c1-8-5-4-6-9(8)12-10(14)11(2,3)7-13/h8-9,13H,4-7H2,1-3H3,(H,12,14). The number of amides is 1. The summed E-state index contributed by atoms with van der Waals surface area (Å²) in [6, 6.07) is 0.313. The summed E-state index contributed by atoms with van der Waals surface area (Å²) in [7, 11) is 0. The Kier molecular flexibility index (Phi) is 3.53. The third-order valence-electron chi connectivity index (χ3n) is 3.19. The highest BCUT2D eigenvalue weighted by Gasteiger charge is 2.31. The average Bonchev–Trinajstić information content (AvgIpc) is 2.52.